The summed E-state index contributed by atoms with van der Waals surface area (Å²) in [6.07, 6.45) is 8.71. The molecule has 2 aliphatic rings. The minimum Gasteiger partial charge on any atom is -0.375 e. The zero-order valence-corrected chi connectivity index (χ0v) is 9.51. The molecule has 0 spiro atoms. The largest absolute Gasteiger partial charge is 0.375 e. The summed E-state index contributed by atoms with van der Waals surface area (Å²) >= 11 is 0. The molecule has 0 saturated carbocycles. The molecule has 0 aromatic rings. The fourth-order valence-electron chi connectivity index (χ4n) is 2.96. The zero-order valence-electron chi connectivity index (χ0n) is 9.51. The van der Waals surface area contributed by atoms with Crippen LogP contribution in [0.4, 0.5) is 0 Å². The second-order valence-electron chi connectivity index (χ2n) is 5.01. The van der Waals surface area contributed by atoms with E-state index >= 15 is 0 Å². The third-order valence-electron chi connectivity index (χ3n) is 3.95. The van der Waals surface area contributed by atoms with Crippen molar-refractivity contribution in [2.75, 3.05) is 6.54 Å². The van der Waals surface area contributed by atoms with Gasteiger partial charge in [0.05, 0.1) is 12.2 Å². The lowest BCUT2D eigenvalue weighted by molar-refractivity contribution is 0.0332. The number of hydrogen-bond donors (Lipinski definition) is 1. The van der Waals surface area contributed by atoms with Crippen molar-refractivity contribution in [3.63, 3.8) is 0 Å². The van der Waals surface area contributed by atoms with Crippen molar-refractivity contribution in [1.29, 1.82) is 0 Å². The Kier molecular flexibility index (Phi) is 3.13. The van der Waals surface area contributed by atoms with Crippen molar-refractivity contribution in [2.24, 2.45) is 0 Å². The van der Waals surface area contributed by atoms with Gasteiger partial charge in [-0.25, -0.2) is 0 Å². The Bertz CT molecular complexity index is 187. The highest BCUT2D eigenvalue weighted by atomic mass is 16.5. The minimum absolute atomic E-state index is 0.411. The molecule has 3 atom stereocenters. The van der Waals surface area contributed by atoms with Gasteiger partial charge in [0.2, 0.25) is 0 Å². The van der Waals surface area contributed by atoms with E-state index in [-0.39, 0.29) is 0 Å². The number of ether oxygens (including phenoxy) is 1. The molecule has 2 saturated heterocycles. The molecule has 2 nitrogen and oxygen atoms in total. The number of nitrogens with one attached hydrogen (secondary N) is 1. The van der Waals surface area contributed by atoms with Crippen LogP contribution in [0.3, 0.4) is 0 Å². The smallest absolute Gasteiger partial charge is 0.0597 e. The highest BCUT2D eigenvalue weighted by molar-refractivity contribution is 4.94. The Balaban J connectivity index is 1.88. The van der Waals surface area contributed by atoms with Gasteiger partial charge in [0.1, 0.15) is 0 Å². The molecular formula is C12H23NO. The van der Waals surface area contributed by atoms with Gasteiger partial charge in [-0.05, 0) is 52.0 Å². The van der Waals surface area contributed by atoms with E-state index in [4.69, 9.17) is 4.74 Å². The highest BCUT2D eigenvalue weighted by Crippen LogP contribution is 2.33. The van der Waals surface area contributed by atoms with Gasteiger partial charge in [-0.2, -0.15) is 0 Å². The van der Waals surface area contributed by atoms with Crippen LogP contribution in [0.15, 0.2) is 0 Å². The molecule has 0 bridgehead atoms. The van der Waals surface area contributed by atoms with Crippen molar-refractivity contribution >= 4 is 0 Å². The standard InChI is InChI=1S/C12H23NO/c1-3-12(7-4-8-13-12)9-11-6-5-10(2)14-11/h10-11,13H,3-9H2,1-2H3. The summed E-state index contributed by atoms with van der Waals surface area (Å²) < 4.78 is 5.91. The maximum Gasteiger partial charge on any atom is 0.0597 e. The molecule has 2 rings (SSSR count). The summed E-state index contributed by atoms with van der Waals surface area (Å²) in [5.74, 6) is 0. The van der Waals surface area contributed by atoms with Gasteiger partial charge < -0.3 is 10.1 Å². The maximum absolute atomic E-state index is 5.91. The van der Waals surface area contributed by atoms with Crippen LogP contribution in [-0.2, 0) is 4.74 Å². The summed E-state index contributed by atoms with van der Waals surface area (Å²) in [5, 5.41) is 3.68. The summed E-state index contributed by atoms with van der Waals surface area (Å²) in [4.78, 5) is 0. The van der Waals surface area contributed by atoms with Crippen LogP contribution in [0, 0.1) is 0 Å². The first-order valence-corrected chi connectivity index (χ1v) is 6.14. The first-order valence-electron chi connectivity index (χ1n) is 6.14. The van der Waals surface area contributed by atoms with E-state index in [9.17, 15) is 0 Å². The fourth-order valence-corrected chi connectivity index (χ4v) is 2.96. The Morgan fingerprint density at radius 3 is 2.79 bits per heavy atom. The van der Waals surface area contributed by atoms with E-state index in [1.165, 1.54) is 45.1 Å². The summed E-state index contributed by atoms with van der Waals surface area (Å²) in [6, 6.07) is 0. The minimum atomic E-state index is 0.411. The van der Waals surface area contributed by atoms with Crippen molar-refractivity contribution in [3.8, 4) is 0 Å². The van der Waals surface area contributed by atoms with Gasteiger partial charge in [0.25, 0.3) is 0 Å². The predicted octanol–water partition coefficient (Wildman–Crippen LogP) is 2.48. The average molecular weight is 197 g/mol. The zero-order chi connectivity index (χ0) is 10.0. The molecule has 0 amide bonds. The van der Waals surface area contributed by atoms with Crippen LogP contribution >= 0.6 is 0 Å². The van der Waals surface area contributed by atoms with Gasteiger partial charge in [-0.1, -0.05) is 6.92 Å². The van der Waals surface area contributed by atoms with Crippen molar-refractivity contribution < 1.29 is 4.74 Å². The molecule has 2 aliphatic heterocycles. The van der Waals surface area contributed by atoms with Gasteiger partial charge in [-0.3, -0.25) is 0 Å². The van der Waals surface area contributed by atoms with Crippen LogP contribution in [0.1, 0.15) is 52.4 Å². The summed E-state index contributed by atoms with van der Waals surface area (Å²) in [7, 11) is 0. The molecule has 2 heterocycles. The Morgan fingerprint density at radius 1 is 1.43 bits per heavy atom. The van der Waals surface area contributed by atoms with Crippen LogP contribution < -0.4 is 5.32 Å². The summed E-state index contributed by atoms with van der Waals surface area (Å²) in [6.45, 7) is 5.70. The fraction of sp³-hybridized carbons (Fsp3) is 1.00. The molecule has 0 aromatic heterocycles. The van der Waals surface area contributed by atoms with Crippen molar-refractivity contribution in [1.82, 2.24) is 5.32 Å². The second kappa shape index (κ2) is 4.19. The SMILES string of the molecule is CCC1(CC2CCC(C)O2)CCCN1. The summed E-state index contributed by atoms with van der Waals surface area (Å²) in [5.41, 5.74) is 0.411. The van der Waals surface area contributed by atoms with Crippen LogP contribution in [0.5, 0.6) is 0 Å². The second-order valence-corrected chi connectivity index (χ2v) is 5.01. The first kappa shape index (κ1) is 10.4. The normalized spacial score (nSPS) is 43.3. The van der Waals surface area contributed by atoms with Gasteiger partial charge in [0.15, 0.2) is 0 Å². The van der Waals surface area contributed by atoms with E-state index in [1.807, 2.05) is 0 Å². The van der Waals surface area contributed by atoms with Crippen LogP contribution in [0.2, 0.25) is 0 Å². The molecule has 1 N–H and O–H groups in total. The molecule has 0 radical (unpaired) electrons. The van der Waals surface area contributed by atoms with Gasteiger partial charge in [-0.15, -0.1) is 0 Å². The van der Waals surface area contributed by atoms with Crippen LogP contribution in [-0.4, -0.2) is 24.3 Å². The lowest BCUT2D eigenvalue weighted by Gasteiger charge is -2.31. The van der Waals surface area contributed by atoms with E-state index in [0.29, 0.717) is 17.7 Å². The predicted molar refractivity (Wildman–Crippen MR) is 58.4 cm³/mol. The lowest BCUT2D eigenvalue weighted by atomic mass is 9.87. The Morgan fingerprint density at radius 2 is 2.29 bits per heavy atom. The van der Waals surface area contributed by atoms with Gasteiger partial charge >= 0.3 is 0 Å². The van der Waals surface area contributed by atoms with E-state index in [2.05, 4.69) is 19.2 Å². The molecule has 82 valence electrons. The number of rotatable bonds is 3. The van der Waals surface area contributed by atoms with Crippen molar-refractivity contribution in [2.45, 2.75) is 70.1 Å². The van der Waals surface area contributed by atoms with E-state index in [0.717, 1.165) is 0 Å². The third kappa shape index (κ3) is 2.12. The molecular weight excluding hydrogens is 174 g/mol. The highest BCUT2D eigenvalue weighted by Gasteiger charge is 2.36. The van der Waals surface area contributed by atoms with E-state index < -0.39 is 0 Å². The quantitative estimate of drug-likeness (QED) is 0.750. The molecule has 14 heavy (non-hydrogen) atoms. The third-order valence-corrected chi connectivity index (χ3v) is 3.95. The molecule has 2 heteroatoms. The first-order chi connectivity index (χ1) is 6.74. The molecule has 0 aliphatic carbocycles. The topological polar surface area (TPSA) is 21.3 Å². The lowest BCUT2D eigenvalue weighted by Crippen LogP contribution is -2.42. The Hall–Kier alpha value is -0.0800. The maximum atomic E-state index is 5.91. The average Bonchev–Trinajstić information content (AvgIpc) is 2.77. The van der Waals surface area contributed by atoms with Crippen LogP contribution in [0.25, 0.3) is 0 Å². The number of hydrogen-bond acceptors (Lipinski definition) is 2. The molecule has 3 unspecified atom stereocenters. The van der Waals surface area contributed by atoms with Gasteiger partial charge in [0, 0.05) is 5.54 Å². The van der Waals surface area contributed by atoms with Crippen molar-refractivity contribution in [3.05, 3.63) is 0 Å². The van der Waals surface area contributed by atoms with E-state index in [1.54, 1.807) is 0 Å². The molecule has 2 fully saturated rings. The monoisotopic (exact) mass is 197 g/mol. The Labute approximate surface area is 87.4 Å². The molecule has 0 aromatic carbocycles.